The standard InChI is InChI=1S/C65H47N/c1-65(2)61-29-14-13-27-58(61)59-40-39-53(43-62(59)65)66(52-37-35-47(36-38-52)50-23-15-22-49(41-50)45-19-7-4-8-20-45)63-30-16-28-55(48-33-31-46(32-34-48)44-17-5-3-6-18-44)64(63)60-42-51-21-9-10-24-54(51)56-25-11-12-26-57(56)60/h3-43H,1-2H3. The van der Waals surface area contributed by atoms with Crippen LogP contribution in [-0.4, -0.2) is 0 Å². The molecule has 0 N–H and O–H groups in total. The van der Waals surface area contributed by atoms with Crippen LogP contribution in [0.5, 0.6) is 0 Å². The Kier molecular flexibility index (Phi) is 9.58. The van der Waals surface area contributed by atoms with Crippen LogP contribution in [0.1, 0.15) is 25.0 Å². The molecule has 0 aromatic heterocycles. The van der Waals surface area contributed by atoms with Crippen LogP contribution in [0.2, 0.25) is 0 Å². The summed E-state index contributed by atoms with van der Waals surface area (Å²) in [6.45, 7) is 4.74. The van der Waals surface area contributed by atoms with Gasteiger partial charge >= 0.3 is 0 Å². The second kappa shape index (κ2) is 16.1. The van der Waals surface area contributed by atoms with E-state index in [1.165, 1.54) is 99.4 Å². The number of anilines is 3. The highest BCUT2D eigenvalue weighted by atomic mass is 15.1. The average Bonchev–Trinajstić information content (AvgIpc) is 3.62. The number of benzene rings is 11. The molecule has 11 aromatic rings. The summed E-state index contributed by atoms with van der Waals surface area (Å²) < 4.78 is 0. The summed E-state index contributed by atoms with van der Waals surface area (Å²) in [6.07, 6.45) is 0. The van der Waals surface area contributed by atoms with E-state index in [1.54, 1.807) is 0 Å². The van der Waals surface area contributed by atoms with E-state index in [2.05, 4.69) is 267 Å². The van der Waals surface area contributed by atoms with Crippen LogP contribution in [0.4, 0.5) is 17.1 Å². The summed E-state index contributed by atoms with van der Waals surface area (Å²) in [5, 5.41) is 4.95. The van der Waals surface area contributed by atoms with Crippen LogP contribution in [0, 0.1) is 0 Å². The molecular weight excluding hydrogens is 795 g/mol. The molecular formula is C65H47N. The first-order valence-corrected chi connectivity index (χ1v) is 23.0. The van der Waals surface area contributed by atoms with Crippen molar-refractivity contribution >= 4 is 38.6 Å². The Morgan fingerprint density at radius 3 is 1.53 bits per heavy atom. The highest BCUT2D eigenvalue weighted by Gasteiger charge is 2.36. The van der Waals surface area contributed by atoms with Crippen molar-refractivity contribution < 1.29 is 0 Å². The summed E-state index contributed by atoms with van der Waals surface area (Å²) in [5.74, 6) is 0. The van der Waals surface area contributed by atoms with Crippen molar-refractivity contribution in [3.63, 3.8) is 0 Å². The van der Waals surface area contributed by atoms with Crippen molar-refractivity contribution in [3.05, 3.63) is 260 Å². The normalized spacial score (nSPS) is 12.5. The van der Waals surface area contributed by atoms with Gasteiger partial charge in [-0.1, -0.05) is 220 Å². The van der Waals surface area contributed by atoms with Crippen LogP contribution in [0.25, 0.3) is 88.3 Å². The van der Waals surface area contributed by atoms with E-state index in [4.69, 9.17) is 0 Å². The van der Waals surface area contributed by atoms with Gasteiger partial charge in [0.2, 0.25) is 0 Å². The Bertz CT molecular complexity index is 3580. The average molecular weight is 842 g/mol. The Labute approximate surface area is 387 Å². The lowest BCUT2D eigenvalue weighted by atomic mass is 9.82. The van der Waals surface area contributed by atoms with Gasteiger partial charge in [-0.25, -0.2) is 0 Å². The minimum Gasteiger partial charge on any atom is -0.310 e. The number of hydrogen-bond acceptors (Lipinski definition) is 1. The molecule has 11 aromatic carbocycles. The fourth-order valence-electron chi connectivity index (χ4n) is 10.6. The van der Waals surface area contributed by atoms with Crippen LogP contribution in [0.15, 0.2) is 249 Å². The Balaban J connectivity index is 1.10. The van der Waals surface area contributed by atoms with Gasteiger partial charge in [0.05, 0.1) is 5.69 Å². The molecule has 0 aliphatic heterocycles. The molecule has 12 rings (SSSR count). The second-order valence-corrected chi connectivity index (χ2v) is 18.1. The third-order valence-electron chi connectivity index (χ3n) is 13.9. The van der Waals surface area contributed by atoms with Gasteiger partial charge in [-0.15, -0.1) is 0 Å². The summed E-state index contributed by atoms with van der Waals surface area (Å²) in [7, 11) is 0. The lowest BCUT2D eigenvalue weighted by Gasteiger charge is -2.31. The molecule has 0 atom stereocenters. The topological polar surface area (TPSA) is 3.24 Å². The fraction of sp³-hybridized carbons (Fsp3) is 0.0462. The van der Waals surface area contributed by atoms with Gasteiger partial charge in [0.1, 0.15) is 0 Å². The maximum atomic E-state index is 2.50. The Morgan fingerprint density at radius 1 is 0.288 bits per heavy atom. The maximum absolute atomic E-state index is 2.50. The lowest BCUT2D eigenvalue weighted by molar-refractivity contribution is 0.660. The molecule has 1 heteroatoms. The van der Waals surface area contributed by atoms with Gasteiger partial charge in [0, 0.05) is 22.4 Å². The van der Waals surface area contributed by atoms with Crippen molar-refractivity contribution in [1.29, 1.82) is 0 Å². The largest absolute Gasteiger partial charge is 0.310 e. The highest BCUT2D eigenvalue weighted by molar-refractivity contribution is 6.16. The van der Waals surface area contributed by atoms with Gasteiger partial charge in [0.25, 0.3) is 0 Å². The molecule has 0 amide bonds. The molecule has 0 fully saturated rings. The molecule has 66 heavy (non-hydrogen) atoms. The van der Waals surface area contributed by atoms with Crippen molar-refractivity contribution in [2.75, 3.05) is 4.90 Å². The van der Waals surface area contributed by atoms with Gasteiger partial charge in [-0.2, -0.15) is 0 Å². The van der Waals surface area contributed by atoms with E-state index in [1.807, 2.05) is 0 Å². The molecule has 0 saturated carbocycles. The lowest BCUT2D eigenvalue weighted by Crippen LogP contribution is -2.17. The third-order valence-corrected chi connectivity index (χ3v) is 13.9. The molecule has 0 heterocycles. The molecule has 0 spiro atoms. The van der Waals surface area contributed by atoms with E-state index < -0.39 is 0 Å². The second-order valence-electron chi connectivity index (χ2n) is 18.1. The van der Waals surface area contributed by atoms with Crippen molar-refractivity contribution in [2.45, 2.75) is 19.3 Å². The van der Waals surface area contributed by atoms with Crippen LogP contribution in [-0.2, 0) is 5.41 Å². The predicted molar refractivity (Wildman–Crippen MR) is 281 cm³/mol. The van der Waals surface area contributed by atoms with Crippen LogP contribution >= 0.6 is 0 Å². The summed E-state index contributed by atoms with van der Waals surface area (Å²) >= 11 is 0. The Hall–Kier alpha value is -8.26. The smallest absolute Gasteiger partial charge is 0.0546 e. The van der Waals surface area contributed by atoms with E-state index in [9.17, 15) is 0 Å². The zero-order valence-corrected chi connectivity index (χ0v) is 37.1. The van der Waals surface area contributed by atoms with Gasteiger partial charge in [-0.3, -0.25) is 0 Å². The molecule has 0 radical (unpaired) electrons. The van der Waals surface area contributed by atoms with Gasteiger partial charge in [-0.05, 0) is 136 Å². The molecule has 0 saturated heterocycles. The summed E-state index contributed by atoms with van der Waals surface area (Å²) in [4.78, 5) is 2.50. The number of rotatable bonds is 8. The quantitative estimate of drug-likeness (QED) is 0.138. The zero-order chi connectivity index (χ0) is 44.2. The highest BCUT2D eigenvalue weighted by Crippen LogP contribution is 2.53. The third kappa shape index (κ3) is 6.71. The van der Waals surface area contributed by atoms with Crippen molar-refractivity contribution in [3.8, 4) is 66.8 Å². The van der Waals surface area contributed by atoms with E-state index in [-0.39, 0.29) is 5.41 Å². The van der Waals surface area contributed by atoms with E-state index in [0.29, 0.717) is 0 Å². The zero-order valence-electron chi connectivity index (χ0n) is 37.1. The molecule has 1 aliphatic carbocycles. The minimum atomic E-state index is -0.166. The summed E-state index contributed by atoms with van der Waals surface area (Å²) in [6, 6.07) is 91.6. The first-order chi connectivity index (χ1) is 32.5. The van der Waals surface area contributed by atoms with Gasteiger partial charge < -0.3 is 4.90 Å². The maximum Gasteiger partial charge on any atom is 0.0546 e. The SMILES string of the molecule is CC1(C)c2ccccc2-c2ccc(N(c3ccc(-c4cccc(-c5ccccc5)c4)cc3)c3cccc(-c4ccc(-c5ccccc5)cc4)c3-c3cc4ccccc4c4ccccc34)cc21. The van der Waals surface area contributed by atoms with Gasteiger partial charge in [0.15, 0.2) is 0 Å². The number of nitrogens with zero attached hydrogens (tertiary/aromatic N) is 1. The Morgan fingerprint density at radius 2 is 0.788 bits per heavy atom. The molecule has 1 aliphatic rings. The van der Waals surface area contributed by atoms with Crippen molar-refractivity contribution in [1.82, 2.24) is 0 Å². The van der Waals surface area contributed by atoms with E-state index in [0.717, 1.165) is 17.1 Å². The van der Waals surface area contributed by atoms with Crippen molar-refractivity contribution in [2.24, 2.45) is 0 Å². The minimum absolute atomic E-state index is 0.166. The first kappa shape index (κ1) is 39.3. The van der Waals surface area contributed by atoms with E-state index >= 15 is 0 Å². The number of hydrogen-bond donors (Lipinski definition) is 0. The molecule has 312 valence electrons. The molecule has 1 nitrogen and oxygen atoms in total. The molecule has 0 bridgehead atoms. The predicted octanol–water partition coefficient (Wildman–Crippen LogP) is 18.1. The summed E-state index contributed by atoms with van der Waals surface area (Å²) in [5.41, 5.74) is 20.4. The number of fused-ring (bicyclic) bond motifs is 6. The van der Waals surface area contributed by atoms with Crippen LogP contribution < -0.4 is 4.90 Å². The first-order valence-electron chi connectivity index (χ1n) is 23.0. The van der Waals surface area contributed by atoms with Crippen LogP contribution in [0.3, 0.4) is 0 Å². The monoisotopic (exact) mass is 841 g/mol. The fourth-order valence-corrected chi connectivity index (χ4v) is 10.6. The molecule has 0 unspecified atom stereocenters.